The number of ether oxygens (including phenoxy) is 1. The van der Waals surface area contributed by atoms with Crippen LogP contribution in [0.1, 0.15) is 30.1 Å². The monoisotopic (exact) mass is 295 g/mol. The number of rotatable bonds is 4. The molecule has 2 N–H and O–H groups in total. The number of esters is 1. The number of carbonyl (C=O) groups excluding carboxylic acids is 3. The molecule has 1 aliphatic heterocycles. The van der Waals surface area contributed by atoms with Gasteiger partial charge in [-0.15, -0.1) is 11.3 Å². The number of thiophene rings is 1. The summed E-state index contributed by atoms with van der Waals surface area (Å²) in [6.45, 7) is 1.97. The molecule has 0 aliphatic carbocycles. The van der Waals surface area contributed by atoms with Crippen LogP contribution in [0.5, 0.6) is 0 Å². The molecule has 0 spiro atoms. The molecule has 1 aliphatic rings. The number of nitrogens with zero attached hydrogens (tertiary/aromatic N) is 1. The van der Waals surface area contributed by atoms with Crippen molar-refractivity contribution >= 4 is 39.8 Å². The number of nitrogens with one attached hydrogen (secondary N) is 2. The molecule has 0 saturated heterocycles. The second-order valence-electron chi connectivity index (χ2n) is 3.93. The summed E-state index contributed by atoms with van der Waals surface area (Å²) in [7, 11) is 0. The third-order valence-corrected chi connectivity index (χ3v) is 3.38. The molecule has 1 aromatic heterocycles. The number of carbonyl (C=O) groups is 3. The predicted molar refractivity (Wildman–Crippen MR) is 73.7 cm³/mol. The topological polar surface area (TPSA) is 96.9 Å². The molecule has 0 fully saturated rings. The molecule has 0 atom stereocenters. The fourth-order valence-corrected chi connectivity index (χ4v) is 2.36. The molecular formula is C12H13N3O4S. The largest absolute Gasteiger partial charge is 0.462 e. The molecule has 0 unspecified atom stereocenters. The lowest BCUT2D eigenvalue weighted by Crippen LogP contribution is -2.32. The first-order valence-corrected chi connectivity index (χ1v) is 6.91. The fraction of sp³-hybridized carbons (Fsp3) is 0.333. The normalized spacial score (nSPS) is 14.2. The van der Waals surface area contributed by atoms with Gasteiger partial charge in [-0.3, -0.25) is 9.59 Å². The van der Waals surface area contributed by atoms with Gasteiger partial charge in [-0.05, 0) is 18.4 Å². The quantitative estimate of drug-likeness (QED) is 0.814. The van der Waals surface area contributed by atoms with Gasteiger partial charge in [0.15, 0.2) is 0 Å². The summed E-state index contributed by atoms with van der Waals surface area (Å²) in [5.74, 6) is -1.13. The molecule has 0 radical (unpaired) electrons. The van der Waals surface area contributed by atoms with Gasteiger partial charge in [0.1, 0.15) is 10.7 Å². The molecule has 0 bridgehead atoms. The second-order valence-corrected chi connectivity index (χ2v) is 4.85. The lowest BCUT2D eigenvalue weighted by Gasteiger charge is -2.11. The molecule has 1 aromatic rings. The van der Waals surface area contributed by atoms with Gasteiger partial charge in [0, 0.05) is 12.8 Å². The maximum Gasteiger partial charge on any atom is 0.341 e. The van der Waals surface area contributed by atoms with Crippen molar-refractivity contribution in [1.29, 1.82) is 0 Å². The summed E-state index contributed by atoms with van der Waals surface area (Å²) < 4.78 is 4.90. The molecule has 0 aromatic carbocycles. The highest BCUT2D eigenvalue weighted by Gasteiger charge is 2.21. The van der Waals surface area contributed by atoms with E-state index < -0.39 is 11.9 Å². The molecule has 20 heavy (non-hydrogen) atoms. The first-order valence-electron chi connectivity index (χ1n) is 6.03. The van der Waals surface area contributed by atoms with Crippen LogP contribution in [0.25, 0.3) is 0 Å². The molecule has 2 heterocycles. The zero-order valence-corrected chi connectivity index (χ0v) is 11.6. The Balaban J connectivity index is 2.07. The number of amides is 2. The maximum absolute atomic E-state index is 12.0. The van der Waals surface area contributed by atoms with Crippen molar-refractivity contribution < 1.29 is 19.1 Å². The summed E-state index contributed by atoms with van der Waals surface area (Å²) in [5, 5.41) is 8.40. The van der Waals surface area contributed by atoms with Crippen molar-refractivity contribution in [3.63, 3.8) is 0 Å². The number of anilines is 1. The van der Waals surface area contributed by atoms with Crippen molar-refractivity contribution in [3.8, 4) is 0 Å². The minimum atomic E-state index is -0.483. The van der Waals surface area contributed by atoms with Gasteiger partial charge < -0.3 is 10.1 Å². The van der Waals surface area contributed by atoms with E-state index in [9.17, 15) is 14.4 Å². The van der Waals surface area contributed by atoms with Crippen LogP contribution in [0.15, 0.2) is 16.5 Å². The van der Waals surface area contributed by atoms with E-state index in [1.54, 1.807) is 18.4 Å². The van der Waals surface area contributed by atoms with Crippen LogP contribution in [0.3, 0.4) is 0 Å². The van der Waals surface area contributed by atoms with Gasteiger partial charge in [0.25, 0.3) is 5.91 Å². The van der Waals surface area contributed by atoms with Gasteiger partial charge in [0.05, 0.1) is 12.2 Å². The minimum Gasteiger partial charge on any atom is -0.462 e. The molecule has 2 amide bonds. The SMILES string of the molecule is CCOC(=O)c1ccsc1NC(=O)C1=NNC(=O)CC1. The van der Waals surface area contributed by atoms with Gasteiger partial charge in [-0.1, -0.05) is 0 Å². The maximum atomic E-state index is 12.0. The van der Waals surface area contributed by atoms with Crippen LogP contribution in [0.2, 0.25) is 0 Å². The summed E-state index contributed by atoms with van der Waals surface area (Å²) in [5.41, 5.74) is 2.79. The first-order chi connectivity index (χ1) is 9.61. The van der Waals surface area contributed by atoms with E-state index in [0.29, 0.717) is 10.6 Å². The summed E-state index contributed by atoms with van der Waals surface area (Å²) >= 11 is 1.22. The number of hydrazone groups is 1. The van der Waals surface area contributed by atoms with Crippen LogP contribution in [0.4, 0.5) is 5.00 Å². The Bertz CT molecular complexity index is 579. The van der Waals surface area contributed by atoms with Gasteiger partial charge in [-0.2, -0.15) is 5.10 Å². The van der Waals surface area contributed by atoms with Gasteiger partial charge in [-0.25, -0.2) is 10.2 Å². The number of hydrogen-bond acceptors (Lipinski definition) is 6. The molecule has 7 nitrogen and oxygen atoms in total. The number of hydrogen-bond donors (Lipinski definition) is 2. The standard InChI is InChI=1S/C12H13N3O4S/c1-2-19-12(18)7-5-6-20-11(7)13-10(17)8-3-4-9(16)15-14-8/h5-6H,2-4H2,1H3,(H,13,17)(H,15,16). The zero-order chi connectivity index (χ0) is 14.5. The van der Waals surface area contributed by atoms with Gasteiger partial charge in [0.2, 0.25) is 5.91 Å². The van der Waals surface area contributed by atoms with E-state index in [-0.39, 0.29) is 31.1 Å². The third-order valence-electron chi connectivity index (χ3n) is 2.55. The first kappa shape index (κ1) is 14.2. The molecular weight excluding hydrogens is 282 g/mol. The Hall–Kier alpha value is -2.22. The van der Waals surface area contributed by atoms with Crippen LogP contribution >= 0.6 is 11.3 Å². The van der Waals surface area contributed by atoms with Crippen LogP contribution in [-0.4, -0.2) is 30.1 Å². The van der Waals surface area contributed by atoms with E-state index in [1.807, 2.05) is 0 Å². The summed E-state index contributed by atoms with van der Waals surface area (Å²) in [4.78, 5) is 34.6. The van der Waals surface area contributed by atoms with Crippen LogP contribution in [-0.2, 0) is 14.3 Å². The van der Waals surface area contributed by atoms with E-state index in [2.05, 4.69) is 15.8 Å². The lowest BCUT2D eigenvalue weighted by atomic mass is 10.1. The van der Waals surface area contributed by atoms with Crippen molar-refractivity contribution in [2.45, 2.75) is 19.8 Å². The predicted octanol–water partition coefficient (Wildman–Crippen LogP) is 1.13. The van der Waals surface area contributed by atoms with Crippen LogP contribution < -0.4 is 10.7 Å². The summed E-state index contributed by atoms with van der Waals surface area (Å²) in [6, 6.07) is 1.59. The highest BCUT2D eigenvalue weighted by atomic mass is 32.1. The van der Waals surface area contributed by atoms with Crippen molar-refractivity contribution in [2.24, 2.45) is 5.10 Å². The van der Waals surface area contributed by atoms with E-state index in [1.165, 1.54) is 11.3 Å². The molecule has 106 valence electrons. The average molecular weight is 295 g/mol. The minimum absolute atomic E-state index is 0.218. The molecule has 0 saturated carbocycles. The smallest absolute Gasteiger partial charge is 0.341 e. The Morgan fingerprint density at radius 2 is 2.30 bits per heavy atom. The van der Waals surface area contributed by atoms with Crippen LogP contribution in [0, 0.1) is 0 Å². The fourth-order valence-electron chi connectivity index (χ4n) is 1.59. The molecule has 8 heteroatoms. The van der Waals surface area contributed by atoms with E-state index in [0.717, 1.165) is 0 Å². The third kappa shape index (κ3) is 3.21. The highest BCUT2D eigenvalue weighted by molar-refractivity contribution is 7.14. The zero-order valence-electron chi connectivity index (χ0n) is 10.8. The van der Waals surface area contributed by atoms with Crippen molar-refractivity contribution in [3.05, 3.63) is 17.0 Å². The van der Waals surface area contributed by atoms with Crippen molar-refractivity contribution in [1.82, 2.24) is 5.43 Å². The second kappa shape index (κ2) is 6.29. The lowest BCUT2D eigenvalue weighted by molar-refractivity contribution is -0.121. The Kier molecular flexibility index (Phi) is 4.46. The highest BCUT2D eigenvalue weighted by Crippen LogP contribution is 2.24. The Morgan fingerprint density at radius 3 is 2.95 bits per heavy atom. The van der Waals surface area contributed by atoms with Crippen molar-refractivity contribution in [2.75, 3.05) is 11.9 Å². The summed E-state index contributed by atoms with van der Waals surface area (Å²) in [6.07, 6.45) is 0.499. The van der Waals surface area contributed by atoms with E-state index >= 15 is 0 Å². The van der Waals surface area contributed by atoms with E-state index in [4.69, 9.17) is 4.74 Å². The average Bonchev–Trinajstić information content (AvgIpc) is 2.88. The Morgan fingerprint density at radius 1 is 1.50 bits per heavy atom. The Labute approximate surface area is 119 Å². The van der Waals surface area contributed by atoms with Gasteiger partial charge >= 0.3 is 5.97 Å². The molecule has 2 rings (SSSR count).